The standard InChI is InChI=1S/C22H19F3N4O2/c1-13-10-15-5-6-16(22(23,24)25)11-18(15)29(13)21(30)28-17-7-8-20(27-12-17)31-19-4-3-9-26-14(19)2/h3-9,11-13H,10H2,1-2H3,(H,28,30). The third-order valence-corrected chi connectivity index (χ3v) is 5.01. The molecule has 3 aromatic rings. The molecule has 0 radical (unpaired) electrons. The van der Waals surface area contributed by atoms with Gasteiger partial charge in [-0.3, -0.25) is 9.88 Å². The highest BCUT2D eigenvalue weighted by atomic mass is 19.4. The maximum Gasteiger partial charge on any atom is 0.416 e. The van der Waals surface area contributed by atoms with Crippen molar-refractivity contribution in [1.29, 1.82) is 0 Å². The zero-order valence-corrected chi connectivity index (χ0v) is 16.8. The van der Waals surface area contributed by atoms with Crippen LogP contribution in [-0.4, -0.2) is 22.0 Å². The number of halogens is 3. The van der Waals surface area contributed by atoms with Crippen LogP contribution >= 0.6 is 0 Å². The summed E-state index contributed by atoms with van der Waals surface area (Å²) in [5.74, 6) is 0.888. The second kappa shape index (κ2) is 7.90. The van der Waals surface area contributed by atoms with Gasteiger partial charge in [-0.1, -0.05) is 6.07 Å². The van der Waals surface area contributed by atoms with Gasteiger partial charge in [0.05, 0.1) is 23.1 Å². The number of hydrogen-bond acceptors (Lipinski definition) is 4. The van der Waals surface area contributed by atoms with Crippen LogP contribution in [0.2, 0.25) is 0 Å². The minimum absolute atomic E-state index is 0.264. The Labute approximate surface area is 176 Å². The predicted molar refractivity (Wildman–Crippen MR) is 109 cm³/mol. The third kappa shape index (κ3) is 4.30. The van der Waals surface area contributed by atoms with Crippen molar-refractivity contribution in [1.82, 2.24) is 9.97 Å². The van der Waals surface area contributed by atoms with Crippen molar-refractivity contribution in [3.05, 3.63) is 71.7 Å². The first-order valence-corrected chi connectivity index (χ1v) is 9.58. The zero-order chi connectivity index (χ0) is 22.2. The molecule has 4 rings (SSSR count). The maximum atomic E-state index is 13.1. The Balaban J connectivity index is 1.49. The lowest BCUT2D eigenvalue weighted by molar-refractivity contribution is -0.137. The van der Waals surface area contributed by atoms with E-state index in [2.05, 4.69) is 15.3 Å². The Hall–Kier alpha value is -3.62. The van der Waals surface area contributed by atoms with E-state index >= 15 is 0 Å². The highest BCUT2D eigenvalue weighted by molar-refractivity contribution is 6.03. The van der Waals surface area contributed by atoms with E-state index in [1.807, 2.05) is 6.92 Å². The van der Waals surface area contributed by atoms with Gasteiger partial charge in [0.1, 0.15) is 0 Å². The number of ether oxygens (including phenoxy) is 1. The van der Waals surface area contributed by atoms with Crippen LogP contribution in [0.15, 0.2) is 54.9 Å². The number of amides is 2. The van der Waals surface area contributed by atoms with Crippen LogP contribution in [0, 0.1) is 6.92 Å². The van der Waals surface area contributed by atoms with Crippen molar-refractivity contribution in [3.8, 4) is 11.6 Å². The van der Waals surface area contributed by atoms with Gasteiger partial charge in [0.15, 0.2) is 5.75 Å². The number of rotatable bonds is 3. The molecule has 160 valence electrons. The van der Waals surface area contributed by atoms with Crippen LogP contribution in [0.3, 0.4) is 0 Å². The van der Waals surface area contributed by atoms with Gasteiger partial charge in [-0.25, -0.2) is 9.78 Å². The van der Waals surface area contributed by atoms with Crippen LogP contribution in [0.4, 0.5) is 29.3 Å². The largest absolute Gasteiger partial charge is 0.437 e. The summed E-state index contributed by atoms with van der Waals surface area (Å²) < 4.78 is 45.0. The lowest BCUT2D eigenvalue weighted by Gasteiger charge is -2.23. The molecule has 1 N–H and O–H groups in total. The minimum Gasteiger partial charge on any atom is -0.437 e. The summed E-state index contributed by atoms with van der Waals surface area (Å²) in [4.78, 5) is 22.5. The van der Waals surface area contributed by atoms with E-state index in [1.54, 1.807) is 37.4 Å². The van der Waals surface area contributed by atoms with E-state index < -0.39 is 17.8 Å². The van der Waals surface area contributed by atoms with Gasteiger partial charge in [-0.2, -0.15) is 13.2 Å². The van der Waals surface area contributed by atoms with Crippen molar-refractivity contribution < 1.29 is 22.7 Å². The summed E-state index contributed by atoms with van der Waals surface area (Å²) in [7, 11) is 0. The van der Waals surface area contributed by atoms with Crippen molar-refractivity contribution in [3.63, 3.8) is 0 Å². The van der Waals surface area contributed by atoms with Crippen LogP contribution in [-0.2, 0) is 12.6 Å². The molecule has 0 aliphatic carbocycles. The molecule has 1 atom stereocenters. The van der Waals surface area contributed by atoms with E-state index in [0.29, 0.717) is 35.0 Å². The van der Waals surface area contributed by atoms with Crippen molar-refractivity contribution >= 4 is 17.4 Å². The number of benzene rings is 1. The first kappa shape index (κ1) is 20.6. The molecular formula is C22H19F3N4O2. The zero-order valence-electron chi connectivity index (χ0n) is 16.8. The molecule has 0 spiro atoms. The van der Waals surface area contributed by atoms with Crippen molar-refractivity contribution in [2.24, 2.45) is 0 Å². The molecule has 1 aliphatic heterocycles. The fraction of sp³-hybridized carbons (Fsp3) is 0.227. The smallest absolute Gasteiger partial charge is 0.416 e. The SMILES string of the molecule is Cc1ncccc1Oc1ccc(NC(=O)N2c3cc(C(F)(F)F)ccc3CC2C)cn1. The predicted octanol–water partition coefficient (Wildman–Crippen LogP) is 5.58. The maximum absolute atomic E-state index is 13.1. The molecule has 31 heavy (non-hydrogen) atoms. The van der Waals surface area contributed by atoms with Crippen LogP contribution in [0.1, 0.15) is 23.7 Å². The van der Waals surface area contributed by atoms with Gasteiger partial charge in [-0.15, -0.1) is 0 Å². The Bertz CT molecular complexity index is 1120. The molecule has 6 nitrogen and oxygen atoms in total. The quantitative estimate of drug-likeness (QED) is 0.592. The summed E-state index contributed by atoms with van der Waals surface area (Å²) in [5, 5.41) is 2.69. The highest BCUT2D eigenvalue weighted by Crippen LogP contribution is 2.38. The van der Waals surface area contributed by atoms with Gasteiger partial charge in [0.25, 0.3) is 0 Å². The van der Waals surface area contributed by atoms with E-state index in [0.717, 1.165) is 12.1 Å². The molecule has 1 aromatic carbocycles. The number of nitrogens with one attached hydrogen (secondary N) is 1. The fourth-order valence-electron chi connectivity index (χ4n) is 3.48. The summed E-state index contributed by atoms with van der Waals surface area (Å²) in [5.41, 5.74) is 1.28. The number of aromatic nitrogens is 2. The summed E-state index contributed by atoms with van der Waals surface area (Å²) in [6.45, 7) is 3.60. The molecule has 0 saturated heterocycles. The number of hydrogen-bond donors (Lipinski definition) is 1. The van der Waals surface area contributed by atoms with Crippen molar-refractivity contribution in [2.75, 3.05) is 10.2 Å². The van der Waals surface area contributed by atoms with Gasteiger partial charge in [-0.05, 0) is 56.2 Å². The van der Waals surface area contributed by atoms with E-state index in [-0.39, 0.29) is 11.7 Å². The molecule has 0 bridgehead atoms. The number of aryl methyl sites for hydroxylation is 1. The number of carbonyl (C=O) groups excluding carboxylic acids is 1. The summed E-state index contributed by atoms with van der Waals surface area (Å²) >= 11 is 0. The van der Waals surface area contributed by atoms with Gasteiger partial charge >= 0.3 is 12.2 Å². The molecular weight excluding hydrogens is 409 g/mol. The Morgan fingerprint density at radius 2 is 2.00 bits per heavy atom. The Kier molecular flexibility index (Phi) is 5.26. The molecule has 9 heteroatoms. The Morgan fingerprint density at radius 1 is 1.19 bits per heavy atom. The number of carbonyl (C=O) groups is 1. The number of pyridine rings is 2. The second-order valence-corrected chi connectivity index (χ2v) is 7.27. The average molecular weight is 428 g/mol. The number of anilines is 2. The molecule has 0 fully saturated rings. The molecule has 1 unspecified atom stereocenters. The van der Waals surface area contributed by atoms with Crippen molar-refractivity contribution in [2.45, 2.75) is 32.5 Å². The van der Waals surface area contributed by atoms with E-state index in [4.69, 9.17) is 4.74 Å². The molecule has 0 saturated carbocycles. The number of fused-ring (bicyclic) bond motifs is 1. The monoisotopic (exact) mass is 428 g/mol. The first-order valence-electron chi connectivity index (χ1n) is 9.58. The number of alkyl halides is 3. The van der Waals surface area contributed by atoms with E-state index in [1.165, 1.54) is 17.2 Å². The van der Waals surface area contributed by atoms with E-state index in [9.17, 15) is 18.0 Å². The number of urea groups is 1. The molecule has 2 amide bonds. The van der Waals surface area contributed by atoms with Gasteiger partial charge < -0.3 is 10.1 Å². The van der Waals surface area contributed by atoms with Crippen LogP contribution in [0.5, 0.6) is 11.6 Å². The number of nitrogens with zero attached hydrogens (tertiary/aromatic N) is 3. The fourth-order valence-corrected chi connectivity index (χ4v) is 3.48. The van der Waals surface area contributed by atoms with Crippen LogP contribution < -0.4 is 15.0 Å². The minimum atomic E-state index is -4.48. The summed E-state index contributed by atoms with van der Waals surface area (Å²) in [6.07, 6.45) is -0.915. The van der Waals surface area contributed by atoms with Gasteiger partial charge in [0, 0.05) is 24.0 Å². The second-order valence-electron chi connectivity index (χ2n) is 7.27. The summed E-state index contributed by atoms with van der Waals surface area (Å²) in [6, 6.07) is 9.40. The van der Waals surface area contributed by atoms with Crippen LogP contribution in [0.25, 0.3) is 0 Å². The van der Waals surface area contributed by atoms with Gasteiger partial charge in [0.2, 0.25) is 5.88 Å². The molecule has 2 aromatic heterocycles. The third-order valence-electron chi connectivity index (χ3n) is 5.01. The normalized spacial score (nSPS) is 15.5. The molecule has 3 heterocycles. The average Bonchev–Trinajstić information content (AvgIpc) is 3.05. The Morgan fingerprint density at radius 3 is 2.68 bits per heavy atom. The molecule has 1 aliphatic rings. The highest BCUT2D eigenvalue weighted by Gasteiger charge is 2.36. The lowest BCUT2D eigenvalue weighted by atomic mass is 10.1. The lowest BCUT2D eigenvalue weighted by Crippen LogP contribution is -2.39. The first-order chi connectivity index (χ1) is 14.7. The topological polar surface area (TPSA) is 67.3 Å².